The molecule has 0 aliphatic rings. The van der Waals surface area contributed by atoms with Crippen LogP contribution in [0.3, 0.4) is 0 Å². The number of ether oxygens (including phenoxy) is 1. The minimum atomic E-state index is -0.649. The molecule has 0 saturated heterocycles. The van der Waals surface area contributed by atoms with Crippen molar-refractivity contribution in [2.45, 2.75) is 32.5 Å². The Balaban J connectivity index is 2.09. The number of aliphatic hydroxyl groups is 1. The minimum Gasteiger partial charge on any atom is -0.473 e. The normalized spacial score (nSPS) is 13.8. The number of aromatic nitrogens is 2. The van der Waals surface area contributed by atoms with E-state index in [1.54, 1.807) is 0 Å². The molecule has 1 aromatic heterocycles. The summed E-state index contributed by atoms with van der Waals surface area (Å²) in [6.07, 6.45) is 0.861. The van der Waals surface area contributed by atoms with Gasteiger partial charge in [0.2, 0.25) is 5.88 Å². The van der Waals surface area contributed by atoms with Crippen LogP contribution >= 0.6 is 11.7 Å². The van der Waals surface area contributed by atoms with E-state index in [9.17, 15) is 5.11 Å². The van der Waals surface area contributed by atoms with Gasteiger partial charge in [0.15, 0.2) is 0 Å². The second-order valence-electron chi connectivity index (χ2n) is 4.27. The molecular formula is C9H17N3O3S. The molecule has 0 radical (unpaired) electrons. The Morgan fingerprint density at radius 2 is 2.31 bits per heavy atom. The standard InChI is InChI=1S/C9H17N3O3S/c1-9(2,3)15-10-4-7(13)6-14-8-5-11-16-12-8/h5,7,10,13H,4,6H2,1-3H3. The monoisotopic (exact) mass is 247 g/mol. The predicted molar refractivity (Wildman–Crippen MR) is 60.3 cm³/mol. The topological polar surface area (TPSA) is 76.5 Å². The van der Waals surface area contributed by atoms with Gasteiger partial charge in [-0.05, 0) is 20.8 Å². The third-order valence-corrected chi connectivity index (χ3v) is 1.92. The molecular weight excluding hydrogens is 230 g/mol. The number of nitrogens with one attached hydrogen (secondary N) is 1. The van der Waals surface area contributed by atoms with Crippen LogP contribution in [0.4, 0.5) is 0 Å². The van der Waals surface area contributed by atoms with Crippen LogP contribution in [0.15, 0.2) is 6.20 Å². The summed E-state index contributed by atoms with van der Waals surface area (Å²) >= 11 is 1.07. The molecule has 0 fully saturated rings. The molecule has 1 aromatic rings. The SMILES string of the molecule is CC(C)(C)ONCC(O)COc1cnsn1. The smallest absolute Gasteiger partial charge is 0.245 e. The van der Waals surface area contributed by atoms with Gasteiger partial charge >= 0.3 is 0 Å². The van der Waals surface area contributed by atoms with E-state index in [0.29, 0.717) is 12.4 Å². The molecule has 0 aliphatic carbocycles. The Labute approximate surface area is 98.9 Å². The first kappa shape index (κ1) is 13.3. The minimum absolute atomic E-state index is 0.159. The van der Waals surface area contributed by atoms with Crippen LogP contribution < -0.4 is 10.2 Å². The van der Waals surface area contributed by atoms with Gasteiger partial charge in [-0.1, -0.05) is 0 Å². The summed E-state index contributed by atoms with van der Waals surface area (Å²) in [5.74, 6) is 0.431. The van der Waals surface area contributed by atoms with E-state index in [0.717, 1.165) is 11.7 Å². The summed E-state index contributed by atoms with van der Waals surface area (Å²) in [4.78, 5) is 5.25. The van der Waals surface area contributed by atoms with Gasteiger partial charge in [0, 0.05) is 0 Å². The molecule has 0 saturated carbocycles. The quantitative estimate of drug-likeness (QED) is 0.717. The summed E-state index contributed by atoms with van der Waals surface area (Å²) in [6, 6.07) is 0. The summed E-state index contributed by atoms with van der Waals surface area (Å²) in [7, 11) is 0. The fourth-order valence-corrected chi connectivity index (χ4v) is 1.18. The van der Waals surface area contributed by atoms with Crippen LogP contribution in [0.2, 0.25) is 0 Å². The Bertz CT molecular complexity index is 287. The number of hydroxylamine groups is 1. The van der Waals surface area contributed by atoms with Crippen molar-refractivity contribution in [1.82, 2.24) is 14.2 Å². The molecule has 92 valence electrons. The van der Waals surface area contributed by atoms with E-state index in [1.807, 2.05) is 20.8 Å². The molecule has 1 unspecified atom stereocenters. The zero-order chi connectivity index (χ0) is 12.0. The molecule has 0 aromatic carbocycles. The van der Waals surface area contributed by atoms with E-state index in [-0.39, 0.29) is 12.2 Å². The second-order valence-corrected chi connectivity index (χ2v) is 4.83. The predicted octanol–water partition coefficient (Wildman–Crippen LogP) is 0.598. The average molecular weight is 247 g/mol. The van der Waals surface area contributed by atoms with Crippen molar-refractivity contribution in [3.05, 3.63) is 6.20 Å². The molecule has 7 heteroatoms. The fourth-order valence-electron chi connectivity index (χ4n) is 0.815. The van der Waals surface area contributed by atoms with Crippen LogP contribution in [0.25, 0.3) is 0 Å². The molecule has 0 spiro atoms. The van der Waals surface area contributed by atoms with Gasteiger partial charge in [0.1, 0.15) is 18.9 Å². The largest absolute Gasteiger partial charge is 0.473 e. The molecule has 0 aliphatic heterocycles. The van der Waals surface area contributed by atoms with Crippen molar-refractivity contribution in [2.24, 2.45) is 0 Å². The van der Waals surface area contributed by atoms with Crippen molar-refractivity contribution < 1.29 is 14.7 Å². The van der Waals surface area contributed by atoms with Gasteiger partial charge < -0.3 is 9.84 Å². The van der Waals surface area contributed by atoms with Crippen LogP contribution in [-0.2, 0) is 4.84 Å². The van der Waals surface area contributed by atoms with Crippen molar-refractivity contribution in [3.8, 4) is 5.88 Å². The number of aliphatic hydroxyl groups excluding tert-OH is 1. The molecule has 16 heavy (non-hydrogen) atoms. The highest BCUT2D eigenvalue weighted by molar-refractivity contribution is 6.99. The number of rotatable bonds is 6. The van der Waals surface area contributed by atoms with Gasteiger partial charge in [0.05, 0.1) is 23.9 Å². The maximum atomic E-state index is 9.53. The highest BCUT2D eigenvalue weighted by Crippen LogP contribution is 2.06. The Morgan fingerprint density at radius 3 is 2.88 bits per heavy atom. The zero-order valence-electron chi connectivity index (χ0n) is 9.64. The Morgan fingerprint density at radius 1 is 1.56 bits per heavy atom. The van der Waals surface area contributed by atoms with Crippen molar-refractivity contribution in [2.75, 3.05) is 13.2 Å². The Hall–Kier alpha value is -0.760. The van der Waals surface area contributed by atoms with Crippen LogP contribution in [0, 0.1) is 0 Å². The van der Waals surface area contributed by atoms with E-state index in [2.05, 4.69) is 14.2 Å². The lowest BCUT2D eigenvalue weighted by molar-refractivity contribution is -0.0858. The first-order valence-corrected chi connectivity index (χ1v) is 5.70. The maximum Gasteiger partial charge on any atom is 0.245 e. The van der Waals surface area contributed by atoms with Crippen molar-refractivity contribution in [3.63, 3.8) is 0 Å². The number of hydrogen-bond acceptors (Lipinski definition) is 7. The molecule has 0 amide bonds. The van der Waals surface area contributed by atoms with Crippen molar-refractivity contribution in [1.29, 1.82) is 0 Å². The van der Waals surface area contributed by atoms with Crippen LogP contribution in [0.5, 0.6) is 5.88 Å². The van der Waals surface area contributed by atoms with Crippen LogP contribution in [0.1, 0.15) is 20.8 Å². The summed E-state index contributed by atoms with van der Waals surface area (Å²) in [5.41, 5.74) is 2.41. The van der Waals surface area contributed by atoms with E-state index in [1.165, 1.54) is 6.20 Å². The highest BCUT2D eigenvalue weighted by atomic mass is 32.1. The summed E-state index contributed by atoms with van der Waals surface area (Å²) < 4.78 is 12.8. The van der Waals surface area contributed by atoms with Gasteiger partial charge in [-0.25, -0.2) is 0 Å². The van der Waals surface area contributed by atoms with Crippen LogP contribution in [-0.4, -0.2) is 38.7 Å². The summed E-state index contributed by atoms with van der Waals surface area (Å²) in [6.45, 7) is 6.22. The zero-order valence-corrected chi connectivity index (χ0v) is 10.5. The lowest BCUT2D eigenvalue weighted by atomic mass is 10.2. The first-order valence-electron chi connectivity index (χ1n) is 4.96. The van der Waals surface area contributed by atoms with Gasteiger partial charge in [-0.15, -0.1) is 4.37 Å². The molecule has 1 atom stereocenters. The van der Waals surface area contributed by atoms with Gasteiger partial charge in [0.25, 0.3) is 0 Å². The average Bonchev–Trinajstić information content (AvgIpc) is 2.65. The second kappa shape index (κ2) is 6.09. The lowest BCUT2D eigenvalue weighted by Gasteiger charge is -2.20. The molecule has 0 bridgehead atoms. The number of hydrogen-bond donors (Lipinski definition) is 2. The van der Waals surface area contributed by atoms with Crippen molar-refractivity contribution >= 4 is 11.7 Å². The van der Waals surface area contributed by atoms with E-state index in [4.69, 9.17) is 9.57 Å². The molecule has 1 rings (SSSR count). The maximum absolute atomic E-state index is 9.53. The van der Waals surface area contributed by atoms with Gasteiger partial charge in [-0.3, -0.25) is 4.84 Å². The summed E-state index contributed by atoms with van der Waals surface area (Å²) in [5, 5.41) is 9.53. The van der Waals surface area contributed by atoms with E-state index >= 15 is 0 Å². The van der Waals surface area contributed by atoms with Gasteiger partial charge in [-0.2, -0.15) is 9.85 Å². The lowest BCUT2D eigenvalue weighted by Crippen LogP contribution is -2.36. The Kier molecular flexibility index (Phi) is 5.07. The number of nitrogens with zero attached hydrogens (tertiary/aromatic N) is 2. The molecule has 6 nitrogen and oxygen atoms in total. The third kappa shape index (κ3) is 5.96. The van der Waals surface area contributed by atoms with E-state index < -0.39 is 6.10 Å². The molecule has 2 N–H and O–H groups in total. The highest BCUT2D eigenvalue weighted by Gasteiger charge is 2.12. The first-order chi connectivity index (χ1) is 7.47. The molecule has 1 heterocycles. The fraction of sp³-hybridized carbons (Fsp3) is 0.778. The third-order valence-electron chi connectivity index (χ3n) is 1.46.